The Morgan fingerprint density at radius 1 is 1.17 bits per heavy atom. The summed E-state index contributed by atoms with van der Waals surface area (Å²) in [6, 6.07) is 9.81. The van der Waals surface area contributed by atoms with Crippen LogP contribution >= 0.6 is 11.6 Å². The Bertz CT molecular complexity index is 1080. The number of ketones is 1. The summed E-state index contributed by atoms with van der Waals surface area (Å²) in [5.41, 5.74) is 1.93. The van der Waals surface area contributed by atoms with E-state index in [-0.39, 0.29) is 28.4 Å². The van der Waals surface area contributed by atoms with Crippen LogP contribution in [0.25, 0.3) is 0 Å². The highest BCUT2D eigenvalue weighted by Gasteiger charge is 2.44. The first-order valence-electron chi connectivity index (χ1n) is 9.33. The maximum absolute atomic E-state index is 13.1. The van der Waals surface area contributed by atoms with E-state index in [4.69, 9.17) is 16.3 Å². The molecule has 2 aromatic rings. The SMILES string of the molecule is Cc1ccc(S(=O)(=O)N2C[C@H](O)C[C@@H]2C(=O)OCC(=O)c2ccccc2Cl)cc1C. The second-order valence-electron chi connectivity index (χ2n) is 7.24. The lowest BCUT2D eigenvalue weighted by Crippen LogP contribution is -2.42. The Balaban J connectivity index is 1.77. The normalized spacial score (nSPS) is 19.6. The second kappa shape index (κ2) is 8.85. The van der Waals surface area contributed by atoms with E-state index >= 15 is 0 Å². The second-order valence-corrected chi connectivity index (χ2v) is 9.53. The molecule has 0 saturated carbocycles. The van der Waals surface area contributed by atoms with Crippen molar-refractivity contribution in [3.8, 4) is 0 Å². The number of halogens is 1. The molecule has 0 aliphatic carbocycles. The quantitative estimate of drug-likeness (QED) is 0.535. The molecule has 1 N–H and O–H groups in total. The molecule has 2 atom stereocenters. The number of benzene rings is 2. The summed E-state index contributed by atoms with van der Waals surface area (Å²) in [4.78, 5) is 24.9. The number of aliphatic hydroxyl groups excluding tert-OH is 1. The van der Waals surface area contributed by atoms with Crippen molar-refractivity contribution in [2.45, 2.75) is 37.3 Å². The molecule has 1 saturated heterocycles. The maximum atomic E-state index is 13.1. The van der Waals surface area contributed by atoms with Gasteiger partial charge in [0.2, 0.25) is 15.8 Å². The lowest BCUT2D eigenvalue weighted by molar-refractivity contribution is -0.146. The fourth-order valence-electron chi connectivity index (χ4n) is 3.27. The zero-order valence-electron chi connectivity index (χ0n) is 16.5. The molecule has 0 radical (unpaired) electrons. The molecule has 1 aliphatic heterocycles. The molecule has 30 heavy (non-hydrogen) atoms. The molecule has 2 aromatic carbocycles. The Morgan fingerprint density at radius 2 is 1.87 bits per heavy atom. The van der Waals surface area contributed by atoms with E-state index < -0.39 is 40.5 Å². The number of aliphatic hydroxyl groups is 1. The average Bonchev–Trinajstić information content (AvgIpc) is 3.11. The monoisotopic (exact) mass is 451 g/mol. The number of aryl methyl sites for hydroxylation is 2. The molecule has 1 aliphatic rings. The van der Waals surface area contributed by atoms with Crippen molar-refractivity contribution in [2.24, 2.45) is 0 Å². The van der Waals surface area contributed by atoms with E-state index in [1.165, 1.54) is 18.2 Å². The van der Waals surface area contributed by atoms with Gasteiger partial charge in [-0.15, -0.1) is 0 Å². The number of ether oxygens (including phenoxy) is 1. The summed E-state index contributed by atoms with van der Waals surface area (Å²) in [5.74, 6) is -1.39. The summed E-state index contributed by atoms with van der Waals surface area (Å²) >= 11 is 5.97. The summed E-state index contributed by atoms with van der Waals surface area (Å²) in [7, 11) is -4.04. The van der Waals surface area contributed by atoms with Crippen LogP contribution < -0.4 is 0 Å². The molecule has 9 heteroatoms. The van der Waals surface area contributed by atoms with Gasteiger partial charge in [0.25, 0.3) is 0 Å². The summed E-state index contributed by atoms with van der Waals surface area (Å²) < 4.78 is 32.2. The molecule has 1 fully saturated rings. The standard InChI is InChI=1S/C21H22ClNO6S/c1-13-7-8-16(9-14(13)2)30(27,28)23-11-15(24)10-19(23)21(26)29-12-20(25)17-5-3-4-6-18(17)22/h3-9,15,19,24H,10-12H2,1-2H3/t15-,19-/m1/s1. The maximum Gasteiger partial charge on any atom is 0.325 e. The molecule has 7 nitrogen and oxygen atoms in total. The van der Waals surface area contributed by atoms with Crippen molar-refractivity contribution < 1.29 is 27.9 Å². The van der Waals surface area contributed by atoms with E-state index in [1.54, 1.807) is 31.2 Å². The predicted molar refractivity (Wildman–Crippen MR) is 111 cm³/mol. The number of Topliss-reactive ketones (excluding diaryl/α,β-unsaturated/α-hetero) is 1. The minimum absolute atomic E-state index is 0.0321. The van der Waals surface area contributed by atoms with Crippen LogP contribution in [0.3, 0.4) is 0 Å². The van der Waals surface area contributed by atoms with Crippen LogP contribution in [-0.4, -0.2) is 54.9 Å². The van der Waals surface area contributed by atoms with Gasteiger partial charge >= 0.3 is 5.97 Å². The van der Waals surface area contributed by atoms with Gasteiger partial charge in [0, 0.05) is 18.5 Å². The van der Waals surface area contributed by atoms with Crippen LogP contribution in [0.4, 0.5) is 0 Å². The van der Waals surface area contributed by atoms with E-state index in [0.717, 1.165) is 15.4 Å². The van der Waals surface area contributed by atoms with Gasteiger partial charge in [0.15, 0.2) is 6.61 Å². The Morgan fingerprint density at radius 3 is 2.53 bits per heavy atom. The minimum atomic E-state index is -4.04. The Kier molecular flexibility index (Phi) is 6.62. The Labute approximate surface area is 180 Å². The van der Waals surface area contributed by atoms with Gasteiger partial charge in [-0.1, -0.05) is 29.8 Å². The molecular weight excluding hydrogens is 430 g/mol. The fourth-order valence-corrected chi connectivity index (χ4v) is 5.23. The first kappa shape index (κ1) is 22.4. The smallest absolute Gasteiger partial charge is 0.325 e. The molecular formula is C21H22ClNO6S. The molecule has 0 amide bonds. The van der Waals surface area contributed by atoms with Gasteiger partial charge in [0.1, 0.15) is 6.04 Å². The van der Waals surface area contributed by atoms with Gasteiger partial charge < -0.3 is 9.84 Å². The topological polar surface area (TPSA) is 101 Å². The molecule has 160 valence electrons. The van der Waals surface area contributed by atoms with Crippen LogP contribution in [0.15, 0.2) is 47.4 Å². The first-order valence-corrected chi connectivity index (χ1v) is 11.1. The summed E-state index contributed by atoms with van der Waals surface area (Å²) in [5, 5.41) is 10.3. The van der Waals surface area contributed by atoms with Crippen molar-refractivity contribution in [1.29, 1.82) is 0 Å². The highest BCUT2D eigenvalue weighted by molar-refractivity contribution is 7.89. The van der Waals surface area contributed by atoms with Crippen LogP contribution in [0.5, 0.6) is 0 Å². The lowest BCUT2D eigenvalue weighted by atomic mass is 10.1. The number of carbonyl (C=O) groups is 2. The highest BCUT2D eigenvalue weighted by atomic mass is 35.5. The van der Waals surface area contributed by atoms with Crippen molar-refractivity contribution in [3.63, 3.8) is 0 Å². The molecule has 1 heterocycles. The summed E-state index contributed by atoms with van der Waals surface area (Å²) in [6.45, 7) is 2.85. The largest absolute Gasteiger partial charge is 0.456 e. The first-order chi connectivity index (χ1) is 14.1. The number of esters is 1. The van der Waals surface area contributed by atoms with E-state index in [1.807, 2.05) is 6.92 Å². The van der Waals surface area contributed by atoms with Gasteiger partial charge in [-0.25, -0.2) is 8.42 Å². The van der Waals surface area contributed by atoms with Crippen LogP contribution in [-0.2, 0) is 19.6 Å². The number of carbonyl (C=O) groups excluding carboxylic acids is 2. The number of β-amino-alcohol motifs (C(OH)–C–C–N with tert-alkyl or cyclic N) is 1. The number of hydrogen-bond acceptors (Lipinski definition) is 6. The fraction of sp³-hybridized carbons (Fsp3) is 0.333. The zero-order valence-corrected chi connectivity index (χ0v) is 18.1. The van der Waals surface area contributed by atoms with Crippen molar-refractivity contribution in [1.82, 2.24) is 4.31 Å². The Hall–Kier alpha value is -2.26. The van der Waals surface area contributed by atoms with Crippen LogP contribution in [0, 0.1) is 13.8 Å². The molecule has 3 rings (SSSR count). The van der Waals surface area contributed by atoms with E-state index in [0.29, 0.717) is 0 Å². The van der Waals surface area contributed by atoms with Gasteiger partial charge in [0.05, 0.1) is 16.0 Å². The average molecular weight is 452 g/mol. The van der Waals surface area contributed by atoms with Gasteiger partial charge in [-0.05, 0) is 49.2 Å². The molecule has 0 bridgehead atoms. The third-order valence-electron chi connectivity index (χ3n) is 5.11. The number of nitrogens with zero attached hydrogens (tertiary/aromatic N) is 1. The van der Waals surface area contributed by atoms with Crippen LogP contribution in [0.2, 0.25) is 5.02 Å². The lowest BCUT2D eigenvalue weighted by Gasteiger charge is -2.22. The zero-order chi connectivity index (χ0) is 22.1. The third-order valence-corrected chi connectivity index (χ3v) is 7.31. The third kappa shape index (κ3) is 4.57. The van der Waals surface area contributed by atoms with Crippen LogP contribution in [0.1, 0.15) is 27.9 Å². The van der Waals surface area contributed by atoms with E-state index in [2.05, 4.69) is 0 Å². The highest BCUT2D eigenvalue weighted by Crippen LogP contribution is 2.28. The molecule has 0 unspecified atom stereocenters. The molecule has 0 spiro atoms. The van der Waals surface area contributed by atoms with Crippen molar-refractivity contribution in [2.75, 3.05) is 13.2 Å². The molecule has 0 aromatic heterocycles. The van der Waals surface area contributed by atoms with E-state index in [9.17, 15) is 23.1 Å². The van der Waals surface area contributed by atoms with Gasteiger partial charge in [-0.3, -0.25) is 9.59 Å². The minimum Gasteiger partial charge on any atom is -0.456 e. The number of sulfonamides is 1. The number of rotatable bonds is 6. The predicted octanol–water partition coefficient (Wildman–Crippen LogP) is 2.51. The van der Waals surface area contributed by atoms with Crippen molar-refractivity contribution in [3.05, 3.63) is 64.2 Å². The van der Waals surface area contributed by atoms with Crippen molar-refractivity contribution >= 4 is 33.4 Å². The summed E-state index contributed by atoms with van der Waals surface area (Å²) in [6.07, 6.45) is -1.12. The van der Waals surface area contributed by atoms with Gasteiger partial charge in [-0.2, -0.15) is 4.31 Å². The number of hydrogen-bond donors (Lipinski definition) is 1.